The SMILES string of the molecule is CCC(CC)N(C)S(=O)(=O)c1[nH]ncc1CNC(C)C. The Morgan fingerprint density at radius 2 is 1.95 bits per heavy atom. The Morgan fingerprint density at radius 1 is 1.35 bits per heavy atom. The van der Waals surface area contributed by atoms with Gasteiger partial charge in [0.05, 0.1) is 6.20 Å². The van der Waals surface area contributed by atoms with Crippen LogP contribution in [-0.4, -0.2) is 42.1 Å². The van der Waals surface area contributed by atoms with Gasteiger partial charge < -0.3 is 5.32 Å². The van der Waals surface area contributed by atoms with Crippen molar-refractivity contribution in [1.82, 2.24) is 19.8 Å². The Hall–Kier alpha value is -0.920. The van der Waals surface area contributed by atoms with Gasteiger partial charge in [0.2, 0.25) is 0 Å². The summed E-state index contributed by atoms with van der Waals surface area (Å²) in [6.07, 6.45) is 3.16. The Bertz CT molecular complexity index is 506. The van der Waals surface area contributed by atoms with Crippen LogP contribution in [-0.2, 0) is 16.6 Å². The minimum atomic E-state index is -3.52. The Morgan fingerprint density at radius 3 is 2.45 bits per heavy atom. The number of nitrogens with one attached hydrogen (secondary N) is 2. The molecule has 1 aromatic rings. The lowest BCUT2D eigenvalue weighted by atomic mass is 10.2. The molecular formula is C13H26N4O2S. The molecule has 0 aliphatic carbocycles. The minimum Gasteiger partial charge on any atom is -0.310 e. The molecule has 7 heteroatoms. The van der Waals surface area contributed by atoms with Crippen molar-refractivity contribution in [2.45, 2.75) is 64.2 Å². The summed E-state index contributed by atoms with van der Waals surface area (Å²) in [6.45, 7) is 8.51. The van der Waals surface area contributed by atoms with Crippen molar-refractivity contribution in [2.24, 2.45) is 0 Å². The van der Waals surface area contributed by atoms with Crippen LogP contribution < -0.4 is 5.32 Å². The molecule has 116 valence electrons. The summed E-state index contributed by atoms with van der Waals surface area (Å²) in [4.78, 5) is 0. The van der Waals surface area contributed by atoms with E-state index in [1.165, 1.54) is 4.31 Å². The third-order valence-electron chi connectivity index (χ3n) is 3.47. The molecule has 2 N–H and O–H groups in total. The first-order valence-electron chi connectivity index (χ1n) is 7.08. The molecule has 0 radical (unpaired) electrons. The zero-order valence-corrected chi connectivity index (χ0v) is 13.8. The molecule has 0 bridgehead atoms. The highest BCUT2D eigenvalue weighted by Crippen LogP contribution is 2.20. The molecule has 0 atom stereocenters. The summed E-state index contributed by atoms with van der Waals surface area (Å²) in [5, 5.41) is 9.93. The Kier molecular flexibility index (Phi) is 6.16. The van der Waals surface area contributed by atoms with E-state index in [1.807, 2.05) is 27.7 Å². The molecule has 1 heterocycles. The molecule has 1 rings (SSSR count). The quantitative estimate of drug-likeness (QED) is 0.766. The first kappa shape index (κ1) is 17.1. The van der Waals surface area contributed by atoms with E-state index < -0.39 is 10.0 Å². The smallest absolute Gasteiger partial charge is 0.260 e. The third kappa shape index (κ3) is 3.80. The van der Waals surface area contributed by atoms with Crippen molar-refractivity contribution < 1.29 is 8.42 Å². The molecule has 1 aromatic heterocycles. The molecule has 0 spiro atoms. The van der Waals surface area contributed by atoms with E-state index in [4.69, 9.17) is 0 Å². The van der Waals surface area contributed by atoms with Gasteiger partial charge in [-0.15, -0.1) is 0 Å². The fourth-order valence-corrected chi connectivity index (χ4v) is 3.71. The summed E-state index contributed by atoms with van der Waals surface area (Å²) in [5.41, 5.74) is 0.677. The standard InChI is InChI=1S/C13H26N4O2S/c1-6-12(7-2)17(5)20(18,19)13-11(9-15-16-13)8-14-10(3)4/h9-10,12,14H,6-8H2,1-5H3,(H,15,16). The van der Waals surface area contributed by atoms with Crippen LogP contribution in [0.15, 0.2) is 11.2 Å². The van der Waals surface area contributed by atoms with Gasteiger partial charge in [-0.05, 0) is 12.8 Å². The number of hydrogen-bond donors (Lipinski definition) is 2. The predicted molar refractivity (Wildman–Crippen MR) is 79.9 cm³/mol. The maximum Gasteiger partial charge on any atom is 0.260 e. The van der Waals surface area contributed by atoms with Gasteiger partial charge in [0, 0.05) is 31.2 Å². The van der Waals surface area contributed by atoms with E-state index in [0.29, 0.717) is 12.1 Å². The normalized spacial score (nSPS) is 12.8. The highest BCUT2D eigenvalue weighted by molar-refractivity contribution is 7.89. The average molecular weight is 302 g/mol. The van der Waals surface area contributed by atoms with Gasteiger partial charge in [-0.25, -0.2) is 8.42 Å². The van der Waals surface area contributed by atoms with Gasteiger partial charge in [0.25, 0.3) is 10.0 Å². The number of hydrogen-bond acceptors (Lipinski definition) is 4. The van der Waals surface area contributed by atoms with Crippen LogP contribution in [0.25, 0.3) is 0 Å². The molecule has 0 amide bonds. The van der Waals surface area contributed by atoms with Crippen LogP contribution in [0.4, 0.5) is 0 Å². The zero-order valence-electron chi connectivity index (χ0n) is 13.0. The molecule has 0 unspecified atom stereocenters. The summed E-state index contributed by atoms with van der Waals surface area (Å²) in [5.74, 6) is 0. The number of aromatic nitrogens is 2. The molecule has 0 saturated heterocycles. The van der Waals surface area contributed by atoms with Crippen molar-refractivity contribution in [3.8, 4) is 0 Å². The number of aromatic amines is 1. The second-order valence-electron chi connectivity index (χ2n) is 5.25. The molecule has 0 fully saturated rings. The van der Waals surface area contributed by atoms with Gasteiger partial charge in [-0.1, -0.05) is 27.7 Å². The number of nitrogens with zero attached hydrogens (tertiary/aromatic N) is 2. The second-order valence-corrected chi connectivity index (χ2v) is 7.19. The summed E-state index contributed by atoms with van der Waals surface area (Å²) in [7, 11) is -1.89. The van der Waals surface area contributed by atoms with Crippen LogP contribution in [0, 0.1) is 0 Å². The molecule has 0 saturated carbocycles. The number of sulfonamides is 1. The highest BCUT2D eigenvalue weighted by atomic mass is 32.2. The first-order chi connectivity index (χ1) is 9.34. The topological polar surface area (TPSA) is 78.1 Å². The van der Waals surface area contributed by atoms with E-state index in [0.717, 1.165) is 12.8 Å². The van der Waals surface area contributed by atoms with Crippen LogP contribution in [0.3, 0.4) is 0 Å². The van der Waals surface area contributed by atoms with Gasteiger partial charge in [0.1, 0.15) is 0 Å². The van der Waals surface area contributed by atoms with Crippen LogP contribution >= 0.6 is 0 Å². The van der Waals surface area contributed by atoms with Crippen LogP contribution in [0.2, 0.25) is 0 Å². The largest absolute Gasteiger partial charge is 0.310 e. The number of H-pyrrole nitrogens is 1. The fourth-order valence-electron chi connectivity index (χ4n) is 2.11. The maximum absolute atomic E-state index is 12.6. The van der Waals surface area contributed by atoms with E-state index in [2.05, 4.69) is 15.5 Å². The Labute approximate surface area is 122 Å². The highest BCUT2D eigenvalue weighted by Gasteiger charge is 2.29. The molecule has 0 aromatic carbocycles. The van der Waals surface area contributed by atoms with Crippen LogP contribution in [0.1, 0.15) is 46.1 Å². The molecule has 6 nitrogen and oxygen atoms in total. The Balaban J connectivity index is 3.01. The summed E-state index contributed by atoms with van der Waals surface area (Å²) >= 11 is 0. The average Bonchev–Trinajstić information content (AvgIpc) is 2.86. The van der Waals surface area contributed by atoms with E-state index in [1.54, 1.807) is 13.2 Å². The van der Waals surface area contributed by atoms with E-state index in [-0.39, 0.29) is 17.1 Å². The van der Waals surface area contributed by atoms with Gasteiger partial charge in [-0.2, -0.15) is 9.40 Å². The molecular weight excluding hydrogens is 276 g/mol. The van der Waals surface area contributed by atoms with Crippen molar-refractivity contribution in [3.63, 3.8) is 0 Å². The zero-order chi connectivity index (χ0) is 15.3. The van der Waals surface area contributed by atoms with Gasteiger partial charge >= 0.3 is 0 Å². The lowest BCUT2D eigenvalue weighted by Crippen LogP contribution is -2.37. The van der Waals surface area contributed by atoms with Crippen molar-refractivity contribution >= 4 is 10.0 Å². The van der Waals surface area contributed by atoms with Gasteiger partial charge in [-0.3, -0.25) is 5.10 Å². The van der Waals surface area contributed by atoms with Gasteiger partial charge in [0.15, 0.2) is 5.03 Å². The minimum absolute atomic E-state index is 0.00853. The molecule has 0 aliphatic rings. The van der Waals surface area contributed by atoms with Crippen molar-refractivity contribution in [1.29, 1.82) is 0 Å². The summed E-state index contributed by atoms with van der Waals surface area (Å²) in [6, 6.07) is 0.298. The van der Waals surface area contributed by atoms with E-state index >= 15 is 0 Å². The summed E-state index contributed by atoms with van der Waals surface area (Å²) < 4.78 is 26.7. The maximum atomic E-state index is 12.6. The lowest BCUT2D eigenvalue weighted by molar-refractivity contribution is 0.348. The molecule has 20 heavy (non-hydrogen) atoms. The molecule has 0 aliphatic heterocycles. The second kappa shape index (κ2) is 7.19. The monoisotopic (exact) mass is 302 g/mol. The predicted octanol–water partition coefficient (Wildman–Crippen LogP) is 1.72. The van der Waals surface area contributed by atoms with E-state index in [9.17, 15) is 8.42 Å². The fraction of sp³-hybridized carbons (Fsp3) is 0.769. The lowest BCUT2D eigenvalue weighted by Gasteiger charge is -2.25. The van der Waals surface area contributed by atoms with Crippen molar-refractivity contribution in [2.75, 3.05) is 7.05 Å². The van der Waals surface area contributed by atoms with Crippen LogP contribution in [0.5, 0.6) is 0 Å². The van der Waals surface area contributed by atoms with Crippen molar-refractivity contribution in [3.05, 3.63) is 11.8 Å². The first-order valence-corrected chi connectivity index (χ1v) is 8.52. The number of rotatable bonds is 8. The third-order valence-corrected chi connectivity index (χ3v) is 5.40.